The quantitative estimate of drug-likeness (QED) is 0.806. The Kier molecular flexibility index (Phi) is 3.52. The van der Waals surface area contributed by atoms with Crippen molar-refractivity contribution in [1.29, 1.82) is 0 Å². The van der Waals surface area contributed by atoms with E-state index in [1.54, 1.807) is 13.0 Å². The molecule has 0 heterocycles. The maximum atomic E-state index is 12.5. The van der Waals surface area contributed by atoms with Crippen LogP contribution in [0.4, 0.5) is 13.2 Å². The Morgan fingerprint density at radius 1 is 1.33 bits per heavy atom. The first kappa shape index (κ1) is 11.8. The molecule has 0 atom stereocenters. The van der Waals surface area contributed by atoms with Crippen LogP contribution >= 0.6 is 0 Å². The van der Waals surface area contributed by atoms with Crippen LogP contribution in [0.2, 0.25) is 0 Å². The summed E-state index contributed by atoms with van der Waals surface area (Å²) in [5.74, 6) is 0. The number of rotatable bonds is 2. The Labute approximate surface area is 86.4 Å². The zero-order valence-electron chi connectivity index (χ0n) is 8.31. The molecule has 0 saturated carbocycles. The lowest BCUT2D eigenvalue weighted by atomic mass is 10.0. The van der Waals surface area contributed by atoms with Crippen LogP contribution in [0, 0.1) is 0 Å². The predicted molar refractivity (Wildman–Crippen MR) is 54.1 cm³/mol. The summed E-state index contributed by atoms with van der Waals surface area (Å²) in [4.78, 5) is 0. The Morgan fingerprint density at radius 3 is 2.47 bits per heavy atom. The molecule has 1 nitrogen and oxygen atoms in total. The van der Waals surface area contributed by atoms with Crippen LogP contribution in [0.15, 0.2) is 29.8 Å². The molecule has 0 saturated heterocycles. The standard InChI is InChI=1S/C11H12F3N/c1-8(7-15)6-9-4-2-3-5-10(9)11(12,13)14/h2-6H,7,15H2,1H3. The van der Waals surface area contributed by atoms with Crippen LogP contribution < -0.4 is 5.73 Å². The van der Waals surface area contributed by atoms with Crippen LogP contribution in [0.1, 0.15) is 18.1 Å². The second kappa shape index (κ2) is 4.49. The van der Waals surface area contributed by atoms with Gasteiger partial charge in [0, 0.05) is 6.54 Å². The van der Waals surface area contributed by atoms with Gasteiger partial charge in [0.2, 0.25) is 0 Å². The highest BCUT2D eigenvalue weighted by Gasteiger charge is 2.32. The first-order valence-corrected chi connectivity index (χ1v) is 4.48. The van der Waals surface area contributed by atoms with E-state index in [0.29, 0.717) is 5.57 Å². The zero-order valence-corrected chi connectivity index (χ0v) is 8.31. The van der Waals surface area contributed by atoms with Gasteiger partial charge in [0.05, 0.1) is 5.56 Å². The third kappa shape index (κ3) is 3.09. The highest BCUT2D eigenvalue weighted by molar-refractivity contribution is 5.57. The van der Waals surface area contributed by atoms with Crippen molar-refractivity contribution in [2.45, 2.75) is 13.1 Å². The summed E-state index contributed by atoms with van der Waals surface area (Å²) in [5.41, 5.74) is 5.58. The van der Waals surface area contributed by atoms with Crippen LogP contribution in [0.25, 0.3) is 6.08 Å². The lowest BCUT2D eigenvalue weighted by molar-refractivity contribution is -0.137. The number of hydrogen-bond acceptors (Lipinski definition) is 1. The number of nitrogens with two attached hydrogens (primary N) is 1. The Bertz CT molecular complexity index is 366. The average Bonchev–Trinajstić information content (AvgIpc) is 2.17. The van der Waals surface area contributed by atoms with Gasteiger partial charge in [-0.1, -0.05) is 29.8 Å². The van der Waals surface area contributed by atoms with Crippen molar-refractivity contribution in [2.75, 3.05) is 6.54 Å². The molecule has 1 aromatic rings. The highest BCUT2D eigenvalue weighted by atomic mass is 19.4. The van der Waals surface area contributed by atoms with Crippen molar-refractivity contribution in [3.05, 3.63) is 41.0 Å². The normalized spacial score (nSPS) is 13.0. The third-order valence-corrected chi connectivity index (χ3v) is 1.99. The number of hydrogen-bond donors (Lipinski definition) is 1. The van der Waals surface area contributed by atoms with Gasteiger partial charge in [0.15, 0.2) is 0 Å². The van der Waals surface area contributed by atoms with Crippen molar-refractivity contribution < 1.29 is 13.2 Å². The van der Waals surface area contributed by atoms with E-state index in [2.05, 4.69) is 0 Å². The smallest absolute Gasteiger partial charge is 0.327 e. The summed E-state index contributed by atoms with van der Waals surface area (Å²) in [6.45, 7) is 1.96. The van der Waals surface area contributed by atoms with E-state index in [4.69, 9.17) is 5.73 Å². The molecule has 0 bridgehead atoms. The lowest BCUT2D eigenvalue weighted by Gasteiger charge is -2.10. The summed E-state index contributed by atoms with van der Waals surface area (Å²) in [6, 6.07) is 5.44. The summed E-state index contributed by atoms with van der Waals surface area (Å²) in [7, 11) is 0. The van der Waals surface area contributed by atoms with Gasteiger partial charge in [-0.3, -0.25) is 0 Å². The molecular formula is C11H12F3N. The van der Waals surface area contributed by atoms with E-state index >= 15 is 0 Å². The van der Waals surface area contributed by atoms with Gasteiger partial charge in [-0.15, -0.1) is 0 Å². The van der Waals surface area contributed by atoms with Crippen molar-refractivity contribution in [2.24, 2.45) is 5.73 Å². The molecule has 0 spiro atoms. The monoisotopic (exact) mass is 215 g/mol. The van der Waals surface area contributed by atoms with Gasteiger partial charge < -0.3 is 5.73 Å². The minimum Gasteiger partial charge on any atom is -0.327 e. The lowest BCUT2D eigenvalue weighted by Crippen LogP contribution is -2.07. The summed E-state index contributed by atoms with van der Waals surface area (Å²) < 4.78 is 37.6. The van der Waals surface area contributed by atoms with Crippen LogP contribution in [-0.2, 0) is 6.18 Å². The Hall–Kier alpha value is -1.29. The van der Waals surface area contributed by atoms with Gasteiger partial charge in [0.1, 0.15) is 0 Å². The SMILES string of the molecule is CC(=Cc1ccccc1C(F)(F)F)CN. The number of halogens is 3. The molecule has 15 heavy (non-hydrogen) atoms. The molecule has 0 unspecified atom stereocenters. The molecule has 1 aromatic carbocycles. The van der Waals surface area contributed by atoms with Gasteiger partial charge >= 0.3 is 6.18 Å². The Balaban J connectivity index is 3.19. The van der Waals surface area contributed by atoms with Crippen molar-refractivity contribution >= 4 is 6.08 Å². The maximum Gasteiger partial charge on any atom is 0.416 e. The summed E-state index contributed by atoms with van der Waals surface area (Å²) in [6.07, 6.45) is -2.86. The molecule has 82 valence electrons. The molecule has 0 fully saturated rings. The van der Waals surface area contributed by atoms with Crippen molar-refractivity contribution in [1.82, 2.24) is 0 Å². The second-order valence-corrected chi connectivity index (χ2v) is 3.28. The van der Waals surface area contributed by atoms with Crippen molar-refractivity contribution in [3.8, 4) is 0 Å². The molecule has 4 heteroatoms. The third-order valence-electron chi connectivity index (χ3n) is 1.99. The largest absolute Gasteiger partial charge is 0.416 e. The van der Waals surface area contributed by atoms with Gasteiger partial charge in [-0.05, 0) is 18.6 Å². The van der Waals surface area contributed by atoms with Gasteiger partial charge in [0.25, 0.3) is 0 Å². The fourth-order valence-electron chi connectivity index (χ4n) is 1.21. The van der Waals surface area contributed by atoms with Crippen LogP contribution in [0.3, 0.4) is 0 Å². The molecular weight excluding hydrogens is 203 g/mol. The molecule has 0 aliphatic carbocycles. The fraction of sp³-hybridized carbons (Fsp3) is 0.273. The molecule has 0 aliphatic heterocycles. The van der Waals surface area contributed by atoms with Crippen LogP contribution in [0.5, 0.6) is 0 Å². The van der Waals surface area contributed by atoms with E-state index in [0.717, 1.165) is 6.07 Å². The van der Waals surface area contributed by atoms with Gasteiger partial charge in [-0.2, -0.15) is 13.2 Å². The first-order chi connectivity index (χ1) is 6.95. The number of alkyl halides is 3. The number of benzene rings is 1. The fourth-order valence-corrected chi connectivity index (χ4v) is 1.21. The van der Waals surface area contributed by atoms with E-state index in [-0.39, 0.29) is 12.1 Å². The topological polar surface area (TPSA) is 26.0 Å². The predicted octanol–water partition coefficient (Wildman–Crippen LogP) is 3.07. The molecule has 0 amide bonds. The second-order valence-electron chi connectivity index (χ2n) is 3.28. The summed E-state index contributed by atoms with van der Waals surface area (Å²) in [5, 5.41) is 0. The first-order valence-electron chi connectivity index (χ1n) is 4.48. The Morgan fingerprint density at radius 2 is 1.93 bits per heavy atom. The van der Waals surface area contributed by atoms with Gasteiger partial charge in [-0.25, -0.2) is 0 Å². The molecule has 0 aromatic heterocycles. The van der Waals surface area contributed by atoms with Crippen molar-refractivity contribution in [3.63, 3.8) is 0 Å². The minimum absolute atomic E-state index is 0.160. The molecule has 0 radical (unpaired) electrons. The maximum absolute atomic E-state index is 12.5. The highest BCUT2D eigenvalue weighted by Crippen LogP contribution is 2.32. The molecule has 2 N–H and O–H groups in total. The van der Waals surface area contributed by atoms with Crippen LogP contribution in [-0.4, -0.2) is 6.54 Å². The molecule has 0 aliphatic rings. The van der Waals surface area contributed by atoms with E-state index in [1.165, 1.54) is 18.2 Å². The molecule has 1 rings (SSSR count). The van der Waals surface area contributed by atoms with E-state index < -0.39 is 11.7 Å². The minimum atomic E-state index is -4.32. The zero-order chi connectivity index (χ0) is 11.5. The van der Waals surface area contributed by atoms with E-state index in [1.807, 2.05) is 0 Å². The van der Waals surface area contributed by atoms with E-state index in [9.17, 15) is 13.2 Å². The summed E-state index contributed by atoms with van der Waals surface area (Å²) >= 11 is 0. The average molecular weight is 215 g/mol.